The Hall–Kier alpha value is -1.97. The summed E-state index contributed by atoms with van der Waals surface area (Å²) in [6, 6.07) is 6.38. The lowest BCUT2D eigenvalue weighted by Gasteiger charge is -2.30. The molecule has 0 aromatic heterocycles. The molecule has 1 aliphatic rings. The Morgan fingerprint density at radius 3 is 2.55 bits per heavy atom. The van der Waals surface area contributed by atoms with Crippen LogP contribution in [0.5, 0.6) is 0 Å². The number of ether oxygens (including phenoxy) is 1. The maximum absolute atomic E-state index is 12.1. The van der Waals surface area contributed by atoms with Crippen LogP contribution in [-0.4, -0.2) is 36.7 Å². The number of nitrogens with zero attached hydrogens (tertiary/aromatic N) is 1. The van der Waals surface area contributed by atoms with E-state index in [4.69, 9.17) is 4.74 Å². The van der Waals surface area contributed by atoms with E-state index in [2.05, 4.69) is 36.5 Å². The molecular weight excluding hydrogens is 276 g/mol. The fraction of sp³-hybridized carbons (Fsp3) is 0.500. The van der Waals surface area contributed by atoms with Crippen LogP contribution in [0, 0.1) is 6.92 Å². The molecule has 0 saturated heterocycles. The summed E-state index contributed by atoms with van der Waals surface area (Å²) in [5, 5.41) is 3.15. The number of aryl methyl sites for hydroxylation is 1. The highest BCUT2D eigenvalue weighted by Crippen LogP contribution is 2.27. The molecule has 120 valence electrons. The van der Waals surface area contributed by atoms with Gasteiger partial charge in [-0.3, -0.25) is 0 Å². The molecule has 0 aliphatic carbocycles. The molecule has 0 fully saturated rings. The van der Waals surface area contributed by atoms with Gasteiger partial charge in [-0.25, -0.2) is 4.79 Å². The van der Waals surface area contributed by atoms with E-state index in [-0.39, 0.29) is 6.09 Å². The molecule has 1 heterocycles. The molecule has 0 bridgehead atoms. The number of hydrogen-bond acceptors (Lipinski definition) is 3. The van der Waals surface area contributed by atoms with Crippen molar-refractivity contribution in [1.82, 2.24) is 4.90 Å². The number of carbonyl (C=O) groups excluding carboxylic acids is 1. The highest BCUT2D eigenvalue weighted by molar-refractivity contribution is 5.74. The van der Waals surface area contributed by atoms with Gasteiger partial charge in [0.15, 0.2) is 0 Å². The molecule has 1 aliphatic heterocycles. The van der Waals surface area contributed by atoms with E-state index in [0.717, 1.165) is 12.1 Å². The third kappa shape index (κ3) is 4.03. The first-order chi connectivity index (χ1) is 10.3. The predicted molar refractivity (Wildman–Crippen MR) is 91.1 cm³/mol. The van der Waals surface area contributed by atoms with Crippen molar-refractivity contribution in [3.63, 3.8) is 0 Å². The third-order valence-corrected chi connectivity index (χ3v) is 3.72. The van der Waals surface area contributed by atoms with E-state index in [1.54, 1.807) is 4.90 Å². The van der Waals surface area contributed by atoms with Gasteiger partial charge in [-0.1, -0.05) is 12.1 Å². The van der Waals surface area contributed by atoms with Crippen LogP contribution in [-0.2, 0) is 4.74 Å². The van der Waals surface area contributed by atoms with Crippen LogP contribution in [0.15, 0.2) is 24.3 Å². The van der Waals surface area contributed by atoms with Gasteiger partial charge in [0.05, 0.1) is 0 Å². The first-order valence-electron chi connectivity index (χ1n) is 7.76. The monoisotopic (exact) mass is 302 g/mol. The summed E-state index contributed by atoms with van der Waals surface area (Å²) in [5.74, 6) is 0. The maximum atomic E-state index is 12.1. The first-order valence-corrected chi connectivity index (χ1v) is 7.76. The van der Waals surface area contributed by atoms with Crippen molar-refractivity contribution in [2.75, 3.05) is 25.5 Å². The van der Waals surface area contributed by atoms with E-state index >= 15 is 0 Å². The summed E-state index contributed by atoms with van der Waals surface area (Å²) < 4.78 is 5.42. The van der Waals surface area contributed by atoms with Crippen LogP contribution in [0.4, 0.5) is 10.5 Å². The van der Waals surface area contributed by atoms with Gasteiger partial charge in [-0.2, -0.15) is 0 Å². The lowest BCUT2D eigenvalue weighted by molar-refractivity contribution is 0.0270. The molecule has 1 amide bonds. The molecule has 1 aromatic carbocycles. The molecule has 0 atom stereocenters. The average Bonchev–Trinajstić information content (AvgIpc) is 2.45. The van der Waals surface area contributed by atoms with E-state index in [0.29, 0.717) is 13.1 Å². The Bertz CT molecular complexity index is 585. The Labute approximate surface area is 133 Å². The van der Waals surface area contributed by atoms with Crippen molar-refractivity contribution in [2.45, 2.75) is 39.7 Å². The molecule has 0 radical (unpaired) electrons. The molecule has 0 spiro atoms. The summed E-state index contributed by atoms with van der Waals surface area (Å²) in [5.41, 5.74) is 4.50. The van der Waals surface area contributed by atoms with E-state index in [1.165, 1.54) is 16.7 Å². The van der Waals surface area contributed by atoms with Gasteiger partial charge >= 0.3 is 6.09 Å². The number of anilines is 1. The average molecular weight is 302 g/mol. The van der Waals surface area contributed by atoms with Gasteiger partial charge in [-0.05, 0) is 62.9 Å². The van der Waals surface area contributed by atoms with Crippen molar-refractivity contribution < 1.29 is 9.53 Å². The van der Waals surface area contributed by atoms with Crippen molar-refractivity contribution in [3.8, 4) is 0 Å². The molecule has 4 heteroatoms. The van der Waals surface area contributed by atoms with E-state index in [1.807, 2.05) is 27.8 Å². The van der Waals surface area contributed by atoms with Crippen molar-refractivity contribution in [3.05, 3.63) is 35.4 Å². The number of benzene rings is 1. The smallest absolute Gasteiger partial charge is 0.410 e. The SMILES string of the molecule is CNc1ccc(C2=CCN(C(=O)OC(C)(C)C)CC2)c(C)c1. The van der Waals surface area contributed by atoms with Gasteiger partial charge in [0.1, 0.15) is 5.60 Å². The van der Waals surface area contributed by atoms with E-state index in [9.17, 15) is 4.79 Å². The molecule has 0 unspecified atom stereocenters. The summed E-state index contributed by atoms with van der Waals surface area (Å²) in [7, 11) is 1.92. The molecule has 4 nitrogen and oxygen atoms in total. The molecule has 1 N–H and O–H groups in total. The van der Waals surface area contributed by atoms with Gasteiger partial charge < -0.3 is 15.0 Å². The molecule has 0 saturated carbocycles. The minimum absolute atomic E-state index is 0.231. The van der Waals surface area contributed by atoms with Crippen LogP contribution in [0.25, 0.3) is 5.57 Å². The molecule has 2 rings (SSSR count). The minimum Gasteiger partial charge on any atom is -0.444 e. The van der Waals surface area contributed by atoms with Gasteiger partial charge in [0.25, 0.3) is 0 Å². The zero-order chi connectivity index (χ0) is 16.3. The van der Waals surface area contributed by atoms with Crippen LogP contribution >= 0.6 is 0 Å². The Kier molecular flexibility index (Phi) is 4.79. The standard InChI is InChI=1S/C18H26N2O2/c1-13-12-15(19-5)6-7-16(13)14-8-10-20(11-9-14)17(21)22-18(2,3)4/h6-8,12,19H,9-11H2,1-5H3. The number of nitrogens with one attached hydrogen (secondary N) is 1. The van der Waals surface area contributed by atoms with Crippen molar-refractivity contribution in [2.24, 2.45) is 0 Å². The summed E-state index contributed by atoms with van der Waals surface area (Å²) in [6.07, 6.45) is 2.76. The van der Waals surface area contributed by atoms with E-state index < -0.39 is 5.60 Å². The van der Waals surface area contributed by atoms with Crippen LogP contribution in [0.1, 0.15) is 38.3 Å². The second-order valence-corrected chi connectivity index (χ2v) is 6.69. The second-order valence-electron chi connectivity index (χ2n) is 6.69. The summed E-state index contributed by atoms with van der Waals surface area (Å²) >= 11 is 0. The Balaban J connectivity index is 2.07. The minimum atomic E-state index is -0.444. The fourth-order valence-corrected chi connectivity index (χ4v) is 2.59. The van der Waals surface area contributed by atoms with Crippen molar-refractivity contribution in [1.29, 1.82) is 0 Å². The van der Waals surface area contributed by atoms with Gasteiger partial charge in [-0.15, -0.1) is 0 Å². The van der Waals surface area contributed by atoms with Crippen LogP contribution in [0.3, 0.4) is 0 Å². The second kappa shape index (κ2) is 6.42. The number of rotatable bonds is 2. The number of carbonyl (C=O) groups is 1. The van der Waals surface area contributed by atoms with Crippen molar-refractivity contribution >= 4 is 17.4 Å². The lowest BCUT2D eigenvalue weighted by Crippen LogP contribution is -2.39. The molecule has 1 aromatic rings. The Morgan fingerprint density at radius 1 is 1.32 bits per heavy atom. The van der Waals surface area contributed by atoms with Gasteiger partial charge in [0, 0.05) is 25.8 Å². The highest BCUT2D eigenvalue weighted by atomic mass is 16.6. The fourth-order valence-electron chi connectivity index (χ4n) is 2.59. The zero-order valence-electron chi connectivity index (χ0n) is 14.2. The quantitative estimate of drug-likeness (QED) is 0.895. The predicted octanol–water partition coefficient (Wildman–Crippen LogP) is 4.06. The molecular formula is C18H26N2O2. The molecule has 22 heavy (non-hydrogen) atoms. The van der Waals surface area contributed by atoms with Crippen LogP contribution < -0.4 is 5.32 Å². The summed E-state index contributed by atoms with van der Waals surface area (Å²) in [4.78, 5) is 13.8. The first kappa shape index (κ1) is 16.4. The summed E-state index contributed by atoms with van der Waals surface area (Å²) in [6.45, 7) is 9.11. The zero-order valence-corrected chi connectivity index (χ0v) is 14.2. The highest BCUT2D eigenvalue weighted by Gasteiger charge is 2.24. The van der Waals surface area contributed by atoms with Crippen LogP contribution in [0.2, 0.25) is 0 Å². The lowest BCUT2D eigenvalue weighted by atomic mass is 9.95. The third-order valence-electron chi connectivity index (χ3n) is 3.72. The number of hydrogen-bond donors (Lipinski definition) is 1. The largest absolute Gasteiger partial charge is 0.444 e. The maximum Gasteiger partial charge on any atom is 0.410 e. The topological polar surface area (TPSA) is 41.6 Å². The number of amides is 1. The Morgan fingerprint density at radius 2 is 2.05 bits per heavy atom. The normalized spacial score (nSPS) is 15.3. The van der Waals surface area contributed by atoms with Gasteiger partial charge in [0.2, 0.25) is 0 Å².